The maximum Gasteiger partial charge on any atom is 0.115 e. The van der Waals surface area contributed by atoms with E-state index in [0.717, 1.165) is 44.8 Å². The minimum Gasteiger partial charge on any atom is -0.383 e. The van der Waals surface area contributed by atoms with Gasteiger partial charge in [0.15, 0.2) is 0 Å². The Bertz CT molecular complexity index is 459. The summed E-state index contributed by atoms with van der Waals surface area (Å²) >= 11 is 0. The molecule has 0 N–H and O–H groups in total. The second kappa shape index (κ2) is 7.46. The summed E-state index contributed by atoms with van der Waals surface area (Å²) in [7, 11) is 3.94. The molecule has 2 saturated heterocycles. The van der Waals surface area contributed by atoms with E-state index in [-0.39, 0.29) is 0 Å². The van der Waals surface area contributed by atoms with E-state index in [1.54, 1.807) is 13.4 Å². The molecule has 2 aliphatic rings. The third-order valence-corrected chi connectivity index (χ3v) is 4.80. The van der Waals surface area contributed by atoms with Gasteiger partial charge in [-0.1, -0.05) is 0 Å². The number of aromatic nitrogens is 2. The van der Waals surface area contributed by atoms with Crippen LogP contribution in [-0.4, -0.2) is 78.4 Å². The molecule has 1 aromatic heterocycles. The number of likely N-dealkylation sites (tertiary alicyclic amines) is 1. The maximum absolute atomic E-state index is 6.13. The zero-order valence-electron chi connectivity index (χ0n) is 13.5. The summed E-state index contributed by atoms with van der Waals surface area (Å²) in [6, 6.07) is 0.950. The van der Waals surface area contributed by atoms with E-state index in [0.29, 0.717) is 18.2 Å². The van der Waals surface area contributed by atoms with Gasteiger partial charge in [-0.05, 0) is 19.9 Å². The highest BCUT2D eigenvalue weighted by molar-refractivity contribution is 5.05. The highest BCUT2D eigenvalue weighted by Crippen LogP contribution is 2.31. The molecule has 6 nitrogen and oxygen atoms in total. The highest BCUT2D eigenvalue weighted by atomic mass is 16.5. The quantitative estimate of drug-likeness (QED) is 0.774. The van der Waals surface area contributed by atoms with Gasteiger partial charge in [0.25, 0.3) is 0 Å². The van der Waals surface area contributed by atoms with Crippen LogP contribution in [-0.2, 0) is 16.0 Å². The van der Waals surface area contributed by atoms with Gasteiger partial charge in [-0.15, -0.1) is 0 Å². The minimum absolute atomic E-state index is 0.306. The van der Waals surface area contributed by atoms with E-state index in [9.17, 15) is 0 Å². The predicted molar refractivity (Wildman–Crippen MR) is 83.5 cm³/mol. The first-order chi connectivity index (χ1) is 10.8. The van der Waals surface area contributed by atoms with Gasteiger partial charge < -0.3 is 9.47 Å². The summed E-state index contributed by atoms with van der Waals surface area (Å²) in [6.07, 6.45) is 8.05. The lowest BCUT2D eigenvalue weighted by Crippen LogP contribution is -2.46. The van der Waals surface area contributed by atoms with Gasteiger partial charge in [-0.3, -0.25) is 9.80 Å². The van der Waals surface area contributed by atoms with E-state index in [4.69, 9.17) is 9.47 Å². The second-order valence-corrected chi connectivity index (χ2v) is 6.26. The van der Waals surface area contributed by atoms with Crippen molar-refractivity contribution in [1.82, 2.24) is 19.8 Å². The summed E-state index contributed by atoms with van der Waals surface area (Å²) in [5.41, 5.74) is 1.15. The van der Waals surface area contributed by atoms with E-state index >= 15 is 0 Å². The second-order valence-electron chi connectivity index (χ2n) is 6.26. The van der Waals surface area contributed by atoms with Crippen molar-refractivity contribution in [3.05, 3.63) is 24.3 Å². The van der Waals surface area contributed by atoms with Crippen molar-refractivity contribution < 1.29 is 9.47 Å². The predicted octanol–water partition coefficient (Wildman–Crippen LogP) is 0.787. The Morgan fingerprint density at radius 1 is 1.41 bits per heavy atom. The van der Waals surface area contributed by atoms with Gasteiger partial charge in [-0.25, -0.2) is 9.97 Å². The Balaban J connectivity index is 1.66. The fourth-order valence-electron chi connectivity index (χ4n) is 3.70. The first kappa shape index (κ1) is 15.8. The Kier molecular flexibility index (Phi) is 5.36. The fraction of sp³-hybridized carbons (Fsp3) is 0.750. The molecular weight excluding hydrogens is 280 g/mol. The van der Waals surface area contributed by atoms with Crippen LogP contribution in [0.15, 0.2) is 18.7 Å². The largest absolute Gasteiger partial charge is 0.383 e. The standard InChI is InChI=1S/C16H26N4O2/c1-19(10-13-8-17-12-18-9-13)15-11-20(5-7-21-2)14-4-3-6-22-16(14)15/h8-9,12,14-16H,3-7,10-11H2,1-2H3/t14-,15+,16+/m0/s1. The van der Waals surface area contributed by atoms with Gasteiger partial charge in [0.1, 0.15) is 6.33 Å². The number of rotatable bonds is 6. The van der Waals surface area contributed by atoms with E-state index in [1.807, 2.05) is 12.4 Å². The summed E-state index contributed by atoms with van der Waals surface area (Å²) < 4.78 is 11.4. The summed E-state index contributed by atoms with van der Waals surface area (Å²) in [5, 5.41) is 0. The Morgan fingerprint density at radius 2 is 2.23 bits per heavy atom. The topological polar surface area (TPSA) is 50.7 Å². The van der Waals surface area contributed by atoms with Crippen molar-refractivity contribution in [2.45, 2.75) is 37.6 Å². The molecule has 2 fully saturated rings. The number of hydrogen-bond acceptors (Lipinski definition) is 6. The molecule has 0 bridgehead atoms. The SMILES string of the molecule is COCCN1C[C@@H](N(C)Cc2cncnc2)[C@@H]2OCCC[C@@H]21. The van der Waals surface area contributed by atoms with E-state index in [1.165, 1.54) is 6.42 Å². The molecule has 0 spiro atoms. The molecule has 6 heteroatoms. The van der Waals surface area contributed by atoms with Crippen LogP contribution in [0.1, 0.15) is 18.4 Å². The number of likely N-dealkylation sites (N-methyl/N-ethyl adjacent to an activating group) is 1. The molecule has 0 unspecified atom stereocenters. The minimum atomic E-state index is 0.306. The lowest BCUT2D eigenvalue weighted by atomic mass is 10.00. The van der Waals surface area contributed by atoms with Crippen LogP contribution < -0.4 is 0 Å². The third-order valence-electron chi connectivity index (χ3n) is 4.80. The van der Waals surface area contributed by atoms with Crippen molar-refractivity contribution in [1.29, 1.82) is 0 Å². The van der Waals surface area contributed by atoms with Crippen LogP contribution in [0.5, 0.6) is 0 Å². The van der Waals surface area contributed by atoms with Crippen molar-refractivity contribution in [3.8, 4) is 0 Å². The smallest absolute Gasteiger partial charge is 0.115 e. The molecule has 0 aromatic carbocycles. The van der Waals surface area contributed by atoms with Crippen LogP contribution in [0.3, 0.4) is 0 Å². The molecule has 3 atom stereocenters. The number of nitrogens with zero attached hydrogens (tertiary/aromatic N) is 4. The van der Waals surface area contributed by atoms with Crippen LogP contribution in [0.25, 0.3) is 0 Å². The molecule has 0 saturated carbocycles. The van der Waals surface area contributed by atoms with Crippen molar-refractivity contribution >= 4 is 0 Å². The van der Waals surface area contributed by atoms with Gasteiger partial charge in [0, 0.05) is 57.3 Å². The average molecular weight is 306 g/mol. The van der Waals surface area contributed by atoms with Crippen LogP contribution in [0.2, 0.25) is 0 Å². The summed E-state index contributed by atoms with van der Waals surface area (Å²) in [5.74, 6) is 0. The molecule has 22 heavy (non-hydrogen) atoms. The van der Waals surface area contributed by atoms with E-state index < -0.39 is 0 Å². The average Bonchev–Trinajstić information content (AvgIpc) is 2.93. The number of ether oxygens (including phenoxy) is 2. The summed E-state index contributed by atoms with van der Waals surface area (Å²) in [6.45, 7) is 4.56. The molecular formula is C16H26N4O2. The van der Waals surface area contributed by atoms with Gasteiger partial charge in [0.05, 0.1) is 18.8 Å². The number of fused-ring (bicyclic) bond motifs is 1. The number of methoxy groups -OCH3 is 1. The molecule has 0 aliphatic carbocycles. The zero-order chi connectivity index (χ0) is 15.4. The maximum atomic E-state index is 6.13. The van der Waals surface area contributed by atoms with Crippen molar-refractivity contribution in [2.24, 2.45) is 0 Å². The highest BCUT2D eigenvalue weighted by Gasteiger charge is 2.45. The zero-order valence-corrected chi connectivity index (χ0v) is 13.5. The summed E-state index contributed by atoms with van der Waals surface area (Å²) in [4.78, 5) is 13.1. The molecule has 3 rings (SSSR count). The number of hydrogen-bond donors (Lipinski definition) is 0. The van der Waals surface area contributed by atoms with Crippen LogP contribution >= 0.6 is 0 Å². The van der Waals surface area contributed by atoms with Crippen LogP contribution in [0, 0.1) is 0 Å². The van der Waals surface area contributed by atoms with Gasteiger partial charge >= 0.3 is 0 Å². The van der Waals surface area contributed by atoms with E-state index in [2.05, 4.69) is 26.8 Å². The molecule has 0 amide bonds. The lowest BCUT2D eigenvalue weighted by molar-refractivity contribution is -0.0392. The normalized spacial score (nSPS) is 29.0. The molecule has 122 valence electrons. The third kappa shape index (κ3) is 3.46. The fourth-order valence-corrected chi connectivity index (χ4v) is 3.70. The molecule has 2 aliphatic heterocycles. The van der Waals surface area contributed by atoms with Gasteiger partial charge in [0.2, 0.25) is 0 Å². The molecule has 3 heterocycles. The molecule has 0 radical (unpaired) electrons. The molecule has 1 aromatic rings. The first-order valence-corrected chi connectivity index (χ1v) is 8.08. The van der Waals surface area contributed by atoms with Gasteiger partial charge in [-0.2, -0.15) is 0 Å². The monoisotopic (exact) mass is 306 g/mol. The Hall–Kier alpha value is -1.08. The van der Waals surface area contributed by atoms with Crippen molar-refractivity contribution in [2.75, 3.05) is 40.5 Å². The first-order valence-electron chi connectivity index (χ1n) is 8.08. The van der Waals surface area contributed by atoms with Crippen LogP contribution in [0.4, 0.5) is 0 Å². The Labute approximate surface area is 132 Å². The lowest BCUT2D eigenvalue weighted by Gasteiger charge is -2.34. The van der Waals surface area contributed by atoms with Crippen molar-refractivity contribution in [3.63, 3.8) is 0 Å². The Morgan fingerprint density at radius 3 is 3.00 bits per heavy atom.